The summed E-state index contributed by atoms with van der Waals surface area (Å²) in [4.78, 5) is 15.9. The molecule has 1 atom stereocenters. The molecular formula is C22H27N5O. The minimum atomic E-state index is 0.161. The van der Waals surface area contributed by atoms with Gasteiger partial charge in [-0.05, 0) is 55.7 Å². The molecule has 1 fully saturated rings. The van der Waals surface area contributed by atoms with Gasteiger partial charge in [0.2, 0.25) is 0 Å². The van der Waals surface area contributed by atoms with Crippen LogP contribution in [0.1, 0.15) is 54.7 Å². The van der Waals surface area contributed by atoms with Crippen LogP contribution >= 0.6 is 0 Å². The lowest BCUT2D eigenvalue weighted by atomic mass is 9.91. The SMILES string of the molecule is CC(C)Cn1ncc2c(C(=O)N(C3CC3)C3CCc4[nH]ncc4C3)cccc21. The minimum absolute atomic E-state index is 0.161. The van der Waals surface area contributed by atoms with E-state index < -0.39 is 0 Å². The van der Waals surface area contributed by atoms with Crippen molar-refractivity contribution >= 4 is 16.8 Å². The Labute approximate surface area is 164 Å². The molecule has 6 nitrogen and oxygen atoms in total. The molecule has 0 aliphatic heterocycles. The van der Waals surface area contributed by atoms with Crippen molar-refractivity contribution in [3.63, 3.8) is 0 Å². The maximum absolute atomic E-state index is 13.7. The van der Waals surface area contributed by atoms with Crippen LogP contribution in [0.5, 0.6) is 0 Å². The third-order valence-corrected chi connectivity index (χ3v) is 6.01. The normalized spacial score (nSPS) is 19.2. The Balaban J connectivity index is 1.48. The van der Waals surface area contributed by atoms with E-state index in [4.69, 9.17) is 0 Å². The molecule has 2 aliphatic carbocycles. The van der Waals surface area contributed by atoms with E-state index in [1.54, 1.807) is 0 Å². The molecule has 0 radical (unpaired) electrons. The van der Waals surface area contributed by atoms with Crippen molar-refractivity contribution in [2.75, 3.05) is 0 Å². The highest BCUT2D eigenvalue weighted by atomic mass is 16.2. The summed E-state index contributed by atoms with van der Waals surface area (Å²) in [5.74, 6) is 0.672. The topological polar surface area (TPSA) is 66.8 Å². The first kappa shape index (κ1) is 17.5. The summed E-state index contributed by atoms with van der Waals surface area (Å²) < 4.78 is 2.02. The Bertz CT molecular complexity index is 1010. The van der Waals surface area contributed by atoms with Crippen molar-refractivity contribution in [2.45, 2.75) is 64.6 Å². The first-order valence-corrected chi connectivity index (χ1v) is 10.4. The molecule has 2 aromatic heterocycles. The number of rotatable bonds is 5. The van der Waals surface area contributed by atoms with E-state index in [0.29, 0.717) is 12.0 Å². The van der Waals surface area contributed by atoms with Crippen LogP contribution in [-0.2, 0) is 19.4 Å². The molecule has 1 N–H and O–H groups in total. The largest absolute Gasteiger partial charge is 0.332 e. The molecule has 1 amide bonds. The third kappa shape index (κ3) is 3.01. The van der Waals surface area contributed by atoms with Crippen LogP contribution in [0.3, 0.4) is 0 Å². The lowest BCUT2D eigenvalue weighted by molar-refractivity contribution is 0.0645. The first-order chi connectivity index (χ1) is 13.6. The molecule has 1 saturated carbocycles. The summed E-state index contributed by atoms with van der Waals surface area (Å²) in [6.45, 7) is 5.23. The van der Waals surface area contributed by atoms with Gasteiger partial charge in [-0.25, -0.2) is 0 Å². The van der Waals surface area contributed by atoms with Crippen molar-refractivity contribution in [3.8, 4) is 0 Å². The molecule has 1 aromatic carbocycles. The molecule has 2 heterocycles. The number of carbonyl (C=O) groups excluding carboxylic acids is 1. The van der Waals surface area contributed by atoms with E-state index in [-0.39, 0.29) is 11.9 Å². The highest BCUT2D eigenvalue weighted by Crippen LogP contribution is 2.35. The Hall–Kier alpha value is -2.63. The quantitative estimate of drug-likeness (QED) is 0.739. The summed E-state index contributed by atoms with van der Waals surface area (Å²) in [5.41, 5.74) is 4.34. The summed E-state index contributed by atoms with van der Waals surface area (Å²) in [6.07, 6.45) is 8.88. The zero-order chi connectivity index (χ0) is 19.3. The second kappa shape index (κ2) is 6.76. The van der Waals surface area contributed by atoms with E-state index in [0.717, 1.165) is 55.1 Å². The standard InChI is InChI=1S/C22H27N5O/c1-14(2)13-26-21-5-3-4-18(19(21)12-24-26)22(28)27(16-6-7-16)17-8-9-20-15(10-17)11-23-25-20/h3-5,11-12,14,16-17H,6-10,13H2,1-2H3,(H,23,25). The number of nitrogens with one attached hydrogen (secondary N) is 1. The van der Waals surface area contributed by atoms with Gasteiger partial charge in [-0.3, -0.25) is 14.6 Å². The van der Waals surface area contributed by atoms with E-state index >= 15 is 0 Å². The number of aryl methyl sites for hydroxylation is 1. The van der Waals surface area contributed by atoms with Crippen molar-refractivity contribution < 1.29 is 4.79 Å². The zero-order valence-corrected chi connectivity index (χ0v) is 16.6. The van der Waals surface area contributed by atoms with Crippen LogP contribution in [-0.4, -0.2) is 42.9 Å². The average molecular weight is 377 g/mol. The molecule has 0 saturated heterocycles. The van der Waals surface area contributed by atoms with E-state index in [9.17, 15) is 4.79 Å². The second-order valence-electron chi connectivity index (χ2n) is 8.67. The first-order valence-electron chi connectivity index (χ1n) is 10.4. The van der Waals surface area contributed by atoms with Gasteiger partial charge in [0.15, 0.2) is 0 Å². The number of hydrogen-bond donors (Lipinski definition) is 1. The maximum Gasteiger partial charge on any atom is 0.255 e. The second-order valence-corrected chi connectivity index (χ2v) is 8.67. The maximum atomic E-state index is 13.7. The summed E-state index contributed by atoms with van der Waals surface area (Å²) >= 11 is 0. The van der Waals surface area contributed by atoms with Crippen LogP contribution in [0.4, 0.5) is 0 Å². The van der Waals surface area contributed by atoms with Gasteiger partial charge in [0.1, 0.15) is 0 Å². The summed E-state index contributed by atoms with van der Waals surface area (Å²) in [7, 11) is 0. The number of aromatic nitrogens is 4. The Morgan fingerprint density at radius 1 is 1.25 bits per heavy atom. The fraction of sp³-hybridized carbons (Fsp3) is 0.500. The summed E-state index contributed by atoms with van der Waals surface area (Å²) in [6, 6.07) is 6.67. The predicted molar refractivity (Wildman–Crippen MR) is 108 cm³/mol. The van der Waals surface area contributed by atoms with Gasteiger partial charge >= 0.3 is 0 Å². The van der Waals surface area contributed by atoms with Crippen molar-refractivity contribution in [3.05, 3.63) is 47.4 Å². The molecule has 0 bridgehead atoms. The monoisotopic (exact) mass is 377 g/mol. The number of nitrogens with zero attached hydrogens (tertiary/aromatic N) is 4. The number of benzene rings is 1. The number of H-pyrrole nitrogens is 1. The van der Waals surface area contributed by atoms with Gasteiger partial charge in [-0.1, -0.05) is 19.9 Å². The number of amides is 1. The Kier molecular flexibility index (Phi) is 4.22. The smallest absolute Gasteiger partial charge is 0.255 e. The van der Waals surface area contributed by atoms with Crippen LogP contribution < -0.4 is 0 Å². The molecule has 146 valence electrons. The zero-order valence-electron chi connectivity index (χ0n) is 16.6. The molecule has 6 heteroatoms. The van der Waals surface area contributed by atoms with E-state index in [1.807, 2.05) is 29.2 Å². The molecule has 5 rings (SSSR count). The minimum Gasteiger partial charge on any atom is -0.332 e. The van der Waals surface area contributed by atoms with Crippen LogP contribution in [0.15, 0.2) is 30.6 Å². The predicted octanol–water partition coefficient (Wildman–Crippen LogP) is 3.58. The average Bonchev–Trinajstić information content (AvgIpc) is 3.25. The lowest BCUT2D eigenvalue weighted by Gasteiger charge is -2.34. The molecule has 2 aliphatic rings. The number of hydrogen-bond acceptors (Lipinski definition) is 3. The highest BCUT2D eigenvalue weighted by molar-refractivity contribution is 6.06. The Morgan fingerprint density at radius 2 is 2.11 bits per heavy atom. The molecule has 0 spiro atoms. The molecular weight excluding hydrogens is 350 g/mol. The fourth-order valence-electron chi connectivity index (χ4n) is 4.54. The molecule has 28 heavy (non-hydrogen) atoms. The van der Waals surface area contributed by atoms with Gasteiger partial charge < -0.3 is 4.90 Å². The van der Waals surface area contributed by atoms with Crippen LogP contribution in [0.2, 0.25) is 0 Å². The van der Waals surface area contributed by atoms with Gasteiger partial charge in [-0.15, -0.1) is 0 Å². The van der Waals surface area contributed by atoms with Gasteiger partial charge in [0, 0.05) is 29.7 Å². The van der Waals surface area contributed by atoms with E-state index in [1.165, 1.54) is 11.3 Å². The van der Waals surface area contributed by atoms with Crippen molar-refractivity contribution in [1.29, 1.82) is 0 Å². The lowest BCUT2D eigenvalue weighted by Crippen LogP contribution is -2.44. The highest BCUT2D eigenvalue weighted by Gasteiger charge is 2.39. The van der Waals surface area contributed by atoms with Crippen molar-refractivity contribution in [1.82, 2.24) is 24.9 Å². The van der Waals surface area contributed by atoms with Gasteiger partial charge in [0.25, 0.3) is 5.91 Å². The molecule has 1 unspecified atom stereocenters. The Morgan fingerprint density at radius 3 is 2.89 bits per heavy atom. The summed E-state index contributed by atoms with van der Waals surface area (Å²) in [5, 5.41) is 12.8. The number of carbonyl (C=O) groups is 1. The third-order valence-electron chi connectivity index (χ3n) is 6.01. The van der Waals surface area contributed by atoms with Crippen LogP contribution in [0, 0.1) is 5.92 Å². The van der Waals surface area contributed by atoms with Gasteiger partial charge in [0.05, 0.1) is 23.5 Å². The van der Waals surface area contributed by atoms with E-state index in [2.05, 4.69) is 40.1 Å². The van der Waals surface area contributed by atoms with Crippen molar-refractivity contribution in [2.24, 2.45) is 5.92 Å². The van der Waals surface area contributed by atoms with Crippen LogP contribution in [0.25, 0.3) is 10.9 Å². The van der Waals surface area contributed by atoms with Gasteiger partial charge in [-0.2, -0.15) is 10.2 Å². The molecule has 3 aromatic rings. The number of fused-ring (bicyclic) bond motifs is 2. The fourth-order valence-corrected chi connectivity index (χ4v) is 4.54. The number of aromatic amines is 1.